The number of nitrogens with zero attached hydrogens (tertiary/aromatic N) is 1. The molecule has 0 radical (unpaired) electrons. The summed E-state index contributed by atoms with van der Waals surface area (Å²) in [5.41, 5.74) is 4.43. The molecular formula is C10H12N2. The molecule has 0 saturated carbocycles. The van der Waals surface area contributed by atoms with Crippen LogP contribution in [-0.4, -0.2) is 11.6 Å². The van der Waals surface area contributed by atoms with Crippen LogP contribution in [0.3, 0.4) is 0 Å². The molecule has 1 heterocycles. The van der Waals surface area contributed by atoms with Gasteiger partial charge < -0.3 is 0 Å². The Morgan fingerprint density at radius 1 is 1.17 bits per heavy atom. The van der Waals surface area contributed by atoms with Gasteiger partial charge in [-0.3, -0.25) is 10.4 Å². The molecule has 0 aliphatic carbocycles. The Morgan fingerprint density at radius 2 is 2.00 bits per heavy atom. The van der Waals surface area contributed by atoms with Crippen molar-refractivity contribution in [3.05, 3.63) is 42.6 Å². The van der Waals surface area contributed by atoms with Gasteiger partial charge >= 0.3 is 0 Å². The minimum atomic E-state index is 1.06. The van der Waals surface area contributed by atoms with Crippen LogP contribution < -0.4 is 5.43 Å². The van der Waals surface area contributed by atoms with Gasteiger partial charge in [0.15, 0.2) is 0 Å². The summed E-state index contributed by atoms with van der Waals surface area (Å²) in [6.45, 7) is 1.06. The Labute approximate surface area is 72.5 Å². The third-order valence-electron chi connectivity index (χ3n) is 1.87. The zero-order valence-corrected chi connectivity index (χ0v) is 6.90. The molecule has 2 rings (SSSR count). The summed E-state index contributed by atoms with van der Waals surface area (Å²) in [5.74, 6) is 0. The summed E-state index contributed by atoms with van der Waals surface area (Å²) in [7, 11) is 0. The van der Waals surface area contributed by atoms with E-state index in [9.17, 15) is 0 Å². The fourth-order valence-electron chi connectivity index (χ4n) is 1.26. The van der Waals surface area contributed by atoms with Crippen molar-refractivity contribution in [2.45, 2.75) is 6.42 Å². The van der Waals surface area contributed by atoms with Crippen molar-refractivity contribution >= 4 is 5.69 Å². The van der Waals surface area contributed by atoms with E-state index in [1.54, 1.807) is 0 Å². The molecule has 1 aromatic rings. The molecule has 0 bridgehead atoms. The van der Waals surface area contributed by atoms with Crippen molar-refractivity contribution in [3.8, 4) is 0 Å². The summed E-state index contributed by atoms with van der Waals surface area (Å²) in [6, 6.07) is 10.2. The fraction of sp³-hybridized carbons (Fsp3) is 0.200. The summed E-state index contributed by atoms with van der Waals surface area (Å²) >= 11 is 0. The summed E-state index contributed by atoms with van der Waals surface area (Å²) in [5, 5.41) is 2.09. The zero-order valence-electron chi connectivity index (χ0n) is 6.90. The molecule has 62 valence electrons. The number of hydrazine groups is 1. The van der Waals surface area contributed by atoms with Crippen LogP contribution in [0, 0.1) is 0 Å². The van der Waals surface area contributed by atoms with Gasteiger partial charge in [0.25, 0.3) is 0 Å². The summed E-state index contributed by atoms with van der Waals surface area (Å²) in [4.78, 5) is 0. The Hall–Kier alpha value is -1.44. The lowest BCUT2D eigenvalue weighted by molar-refractivity contribution is 0.487. The lowest BCUT2D eigenvalue weighted by atomic mass is 10.3. The van der Waals surface area contributed by atoms with Crippen molar-refractivity contribution in [1.82, 2.24) is 5.01 Å². The first-order chi connectivity index (χ1) is 5.95. The minimum absolute atomic E-state index is 1.06. The van der Waals surface area contributed by atoms with E-state index in [-0.39, 0.29) is 0 Å². The van der Waals surface area contributed by atoms with Gasteiger partial charge in [0, 0.05) is 12.7 Å². The van der Waals surface area contributed by atoms with Crippen LogP contribution in [0.25, 0.3) is 0 Å². The SMILES string of the molecule is C1=CN(Nc2ccccc2)CC1. The van der Waals surface area contributed by atoms with Crippen LogP contribution in [0.4, 0.5) is 5.69 Å². The Morgan fingerprint density at radius 3 is 2.67 bits per heavy atom. The normalized spacial score (nSPS) is 15.2. The van der Waals surface area contributed by atoms with Gasteiger partial charge in [0.1, 0.15) is 0 Å². The molecule has 0 unspecified atom stereocenters. The topological polar surface area (TPSA) is 15.3 Å². The fourth-order valence-corrected chi connectivity index (χ4v) is 1.26. The maximum absolute atomic E-state index is 3.29. The lowest BCUT2D eigenvalue weighted by Crippen LogP contribution is -2.21. The van der Waals surface area contributed by atoms with E-state index >= 15 is 0 Å². The molecule has 0 aromatic heterocycles. The molecule has 0 saturated heterocycles. The largest absolute Gasteiger partial charge is 0.299 e. The van der Waals surface area contributed by atoms with Gasteiger partial charge in [-0.05, 0) is 18.6 Å². The first kappa shape index (κ1) is 7.22. The van der Waals surface area contributed by atoms with E-state index in [0.29, 0.717) is 0 Å². The minimum Gasteiger partial charge on any atom is -0.299 e. The van der Waals surface area contributed by atoms with Gasteiger partial charge in [0.05, 0.1) is 5.69 Å². The van der Waals surface area contributed by atoms with Gasteiger partial charge in [-0.2, -0.15) is 0 Å². The van der Waals surface area contributed by atoms with Crippen molar-refractivity contribution in [2.24, 2.45) is 0 Å². The average molecular weight is 160 g/mol. The second kappa shape index (κ2) is 3.30. The molecule has 1 aromatic carbocycles. The van der Waals surface area contributed by atoms with Gasteiger partial charge in [0.2, 0.25) is 0 Å². The van der Waals surface area contributed by atoms with Crippen LogP contribution in [0.2, 0.25) is 0 Å². The third-order valence-corrected chi connectivity index (χ3v) is 1.87. The van der Waals surface area contributed by atoms with Crippen LogP contribution >= 0.6 is 0 Å². The van der Waals surface area contributed by atoms with Crippen molar-refractivity contribution < 1.29 is 0 Å². The molecule has 0 atom stereocenters. The van der Waals surface area contributed by atoms with Crippen LogP contribution in [0.1, 0.15) is 6.42 Å². The smallest absolute Gasteiger partial charge is 0.0541 e. The van der Waals surface area contributed by atoms with E-state index < -0.39 is 0 Å². The molecule has 0 amide bonds. The molecule has 1 aliphatic rings. The number of hydrogen-bond acceptors (Lipinski definition) is 2. The lowest BCUT2D eigenvalue weighted by Gasteiger charge is -2.17. The second-order valence-corrected chi connectivity index (χ2v) is 2.84. The summed E-state index contributed by atoms with van der Waals surface area (Å²) in [6.07, 6.45) is 5.38. The van der Waals surface area contributed by atoms with Crippen molar-refractivity contribution in [2.75, 3.05) is 12.0 Å². The average Bonchev–Trinajstić information content (AvgIpc) is 2.59. The number of para-hydroxylation sites is 1. The highest BCUT2D eigenvalue weighted by Gasteiger charge is 2.01. The number of anilines is 1. The Balaban J connectivity index is 1.99. The molecular weight excluding hydrogens is 148 g/mol. The Kier molecular flexibility index (Phi) is 1.99. The predicted molar refractivity (Wildman–Crippen MR) is 50.5 cm³/mol. The van der Waals surface area contributed by atoms with E-state index in [0.717, 1.165) is 18.7 Å². The van der Waals surface area contributed by atoms with E-state index in [2.05, 4.69) is 34.8 Å². The number of nitrogens with one attached hydrogen (secondary N) is 1. The molecule has 2 heteroatoms. The second-order valence-electron chi connectivity index (χ2n) is 2.84. The molecule has 0 fully saturated rings. The zero-order chi connectivity index (χ0) is 8.23. The first-order valence-corrected chi connectivity index (χ1v) is 4.20. The maximum Gasteiger partial charge on any atom is 0.0541 e. The van der Waals surface area contributed by atoms with Gasteiger partial charge in [-0.15, -0.1) is 0 Å². The number of hydrogen-bond donors (Lipinski definition) is 1. The van der Waals surface area contributed by atoms with Crippen molar-refractivity contribution in [3.63, 3.8) is 0 Å². The molecule has 12 heavy (non-hydrogen) atoms. The highest BCUT2D eigenvalue weighted by molar-refractivity contribution is 5.41. The Bertz CT molecular complexity index is 266. The van der Waals surface area contributed by atoms with Crippen LogP contribution in [0.15, 0.2) is 42.6 Å². The van der Waals surface area contributed by atoms with Crippen LogP contribution in [0.5, 0.6) is 0 Å². The molecule has 1 aliphatic heterocycles. The molecule has 0 spiro atoms. The van der Waals surface area contributed by atoms with E-state index in [4.69, 9.17) is 0 Å². The highest BCUT2D eigenvalue weighted by Crippen LogP contribution is 2.10. The van der Waals surface area contributed by atoms with E-state index in [1.807, 2.05) is 18.2 Å². The predicted octanol–water partition coefficient (Wildman–Crippen LogP) is 2.23. The number of benzene rings is 1. The van der Waals surface area contributed by atoms with Crippen LogP contribution in [-0.2, 0) is 0 Å². The first-order valence-electron chi connectivity index (χ1n) is 4.20. The molecule has 2 nitrogen and oxygen atoms in total. The summed E-state index contributed by atoms with van der Waals surface area (Å²) < 4.78 is 0. The third kappa shape index (κ3) is 1.59. The standard InChI is InChI=1S/C10H12N2/c1-2-6-10(7-3-1)11-12-8-4-5-9-12/h1-4,6-8,11H,5,9H2. The highest BCUT2D eigenvalue weighted by atomic mass is 15.5. The molecule has 1 N–H and O–H groups in total. The maximum atomic E-state index is 3.29. The van der Waals surface area contributed by atoms with Gasteiger partial charge in [-0.25, -0.2) is 0 Å². The van der Waals surface area contributed by atoms with Gasteiger partial charge in [-0.1, -0.05) is 24.3 Å². The van der Waals surface area contributed by atoms with E-state index in [1.165, 1.54) is 0 Å². The number of rotatable bonds is 2. The quantitative estimate of drug-likeness (QED) is 0.713. The van der Waals surface area contributed by atoms with Crippen molar-refractivity contribution in [1.29, 1.82) is 0 Å². The monoisotopic (exact) mass is 160 g/mol.